The number of rotatable bonds is 1. The van der Waals surface area contributed by atoms with Crippen LogP contribution in [0, 0.1) is 0 Å². The summed E-state index contributed by atoms with van der Waals surface area (Å²) < 4.78 is 0. The molecule has 0 saturated carbocycles. The molecule has 0 aliphatic carbocycles. The van der Waals surface area contributed by atoms with Gasteiger partial charge in [0.25, 0.3) is 0 Å². The fraction of sp³-hybridized carbons (Fsp3) is 0. The zero-order valence-corrected chi connectivity index (χ0v) is 8.63. The molecule has 70 valence electrons. The lowest BCUT2D eigenvalue weighted by Crippen LogP contribution is -1.84. The molecule has 1 heterocycles. The number of hydrogen-bond acceptors (Lipinski definition) is 2. The molecule has 0 aliphatic rings. The molecule has 0 N–H and O–H groups in total. The Morgan fingerprint density at radius 3 is 2.64 bits per heavy atom. The van der Waals surface area contributed by atoms with Crippen LogP contribution in [0.1, 0.15) is 0 Å². The van der Waals surface area contributed by atoms with E-state index >= 15 is 0 Å². The fourth-order valence-electron chi connectivity index (χ4n) is 1.14. The average Bonchev–Trinajstić information content (AvgIpc) is 2.23. The molecular weight excluding hydrogens is 219 g/mol. The smallest absolute Gasteiger partial charge is 0.116 e. The molecule has 2 rings (SSSR count). The van der Waals surface area contributed by atoms with Gasteiger partial charge in [0.1, 0.15) is 6.33 Å². The monoisotopic (exact) mass is 224 g/mol. The van der Waals surface area contributed by atoms with Crippen LogP contribution >= 0.6 is 23.2 Å². The Morgan fingerprint density at radius 2 is 1.93 bits per heavy atom. The van der Waals surface area contributed by atoms with E-state index in [0.717, 1.165) is 11.3 Å². The van der Waals surface area contributed by atoms with Gasteiger partial charge in [-0.1, -0.05) is 23.2 Å². The third kappa shape index (κ3) is 1.86. The predicted octanol–water partition coefficient (Wildman–Crippen LogP) is 3.45. The molecule has 0 spiro atoms. The zero-order chi connectivity index (χ0) is 9.97. The maximum atomic E-state index is 6.01. The Kier molecular flexibility index (Phi) is 2.66. The molecule has 1 aromatic heterocycles. The van der Waals surface area contributed by atoms with Gasteiger partial charge in [0.05, 0.1) is 10.7 Å². The van der Waals surface area contributed by atoms with Crippen LogP contribution in [0.25, 0.3) is 11.3 Å². The second-order valence-electron chi connectivity index (χ2n) is 2.72. The molecule has 4 heteroatoms. The van der Waals surface area contributed by atoms with Crippen LogP contribution in [0.15, 0.2) is 36.8 Å². The van der Waals surface area contributed by atoms with E-state index in [1.165, 1.54) is 6.33 Å². The normalized spacial score (nSPS) is 10.1. The first-order valence-electron chi connectivity index (χ1n) is 3.99. The quantitative estimate of drug-likeness (QED) is 0.742. The van der Waals surface area contributed by atoms with E-state index in [1.807, 2.05) is 0 Å². The van der Waals surface area contributed by atoms with Crippen LogP contribution < -0.4 is 0 Å². The molecule has 2 aromatic rings. The summed E-state index contributed by atoms with van der Waals surface area (Å²) in [4.78, 5) is 7.93. The topological polar surface area (TPSA) is 25.8 Å². The highest BCUT2D eigenvalue weighted by Gasteiger charge is 2.04. The minimum atomic E-state index is 0.633. The third-order valence-electron chi connectivity index (χ3n) is 1.79. The SMILES string of the molecule is Clc1ccc(Cl)c(-c2ccncn2)c1. The van der Waals surface area contributed by atoms with Crippen LogP contribution in [0.4, 0.5) is 0 Å². The maximum Gasteiger partial charge on any atom is 0.116 e. The van der Waals surface area contributed by atoms with Crippen LogP contribution in [0.3, 0.4) is 0 Å². The van der Waals surface area contributed by atoms with Gasteiger partial charge >= 0.3 is 0 Å². The molecule has 0 unspecified atom stereocenters. The summed E-state index contributed by atoms with van der Waals surface area (Å²) in [5.41, 5.74) is 1.59. The zero-order valence-electron chi connectivity index (χ0n) is 7.11. The van der Waals surface area contributed by atoms with Crippen molar-refractivity contribution in [2.75, 3.05) is 0 Å². The molecule has 1 aromatic carbocycles. The van der Waals surface area contributed by atoms with E-state index in [4.69, 9.17) is 23.2 Å². The Balaban J connectivity index is 2.57. The second-order valence-corrected chi connectivity index (χ2v) is 3.56. The number of benzene rings is 1. The molecule has 14 heavy (non-hydrogen) atoms. The van der Waals surface area contributed by atoms with Gasteiger partial charge in [-0.2, -0.15) is 0 Å². The Labute approximate surface area is 91.5 Å². The minimum absolute atomic E-state index is 0.633. The summed E-state index contributed by atoms with van der Waals surface area (Å²) in [6.07, 6.45) is 3.14. The predicted molar refractivity (Wildman–Crippen MR) is 57.5 cm³/mol. The van der Waals surface area contributed by atoms with Crippen LogP contribution in [-0.4, -0.2) is 9.97 Å². The van der Waals surface area contributed by atoms with Crippen molar-refractivity contribution in [1.82, 2.24) is 9.97 Å². The van der Waals surface area contributed by atoms with E-state index in [2.05, 4.69) is 9.97 Å². The van der Waals surface area contributed by atoms with Crippen LogP contribution in [0.2, 0.25) is 10.0 Å². The number of nitrogens with zero attached hydrogens (tertiary/aromatic N) is 2. The van der Waals surface area contributed by atoms with E-state index in [-0.39, 0.29) is 0 Å². The molecule has 0 aliphatic heterocycles. The van der Waals surface area contributed by atoms with Gasteiger partial charge in [0, 0.05) is 16.8 Å². The lowest BCUT2D eigenvalue weighted by Gasteiger charge is -2.02. The Bertz CT molecular complexity index is 443. The Hall–Kier alpha value is -1.12. The Morgan fingerprint density at radius 1 is 1.07 bits per heavy atom. The molecule has 0 atom stereocenters. The standard InChI is InChI=1S/C10H6Cl2N2/c11-7-1-2-9(12)8(5-7)10-3-4-13-6-14-10/h1-6H. The lowest BCUT2D eigenvalue weighted by molar-refractivity contribution is 1.17. The van der Waals surface area contributed by atoms with E-state index in [1.54, 1.807) is 30.5 Å². The van der Waals surface area contributed by atoms with Gasteiger partial charge < -0.3 is 0 Å². The van der Waals surface area contributed by atoms with Crippen molar-refractivity contribution in [3.8, 4) is 11.3 Å². The van der Waals surface area contributed by atoms with Crippen molar-refractivity contribution in [2.45, 2.75) is 0 Å². The summed E-state index contributed by atoms with van der Waals surface area (Å²) in [6, 6.07) is 7.07. The largest absolute Gasteiger partial charge is 0.245 e. The molecule has 0 amide bonds. The van der Waals surface area contributed by atoms with Gasteiger partial charge in [0.2, 0.25) is 0 Å². The second kappa shape index (κ2) is 3.95. The fourth-order valence-corrected chi connectivity index (χ4v) is 1.53. The van der Waals surface area contributed by atoms with Crippen molar-refractivity contribution in [2.24, 2.45) is 0 Å². The van der Waals surface area contributed by atoms with Crippen molar-refractivity contribution >= 4 is 23.2 Å². The van der Waals surface area contributed by atoms with Crippen molar-refractivity contribution < 1.29 is 0 Å². The summed E-state index contributed by atoms with van der Waals surface area (Å²) in [6.45, 7) is 0. The summed E-state index contributed by atoms with van der Waals surface area (Å²) in [5.74, 6) is 0. The highest BCUT2D eigenvalue weighted by Crippen LogP contribution is 2.28. The number of aromatic nitrogens is 2. The van der Waals surface area contributed by atoms with E-state index in [9.17, 15) is 0 Å². The third-order valence-corrected chi connectivity index (χ3v) is 2.35. The van der Waals surface area contributed by atoms with Crippen LogP contribution in [0.5, 0.6) is 0 Å². The molecule has 0 radical (unpaired) electrons. The highest BCUT2D eigenvalue weighted by molar-refractivity contribution is 6.35. The van der Waals surface area contributed by atoms with Gasteiger partial charge in [0.15, 0.2) is 0 Å². The molecule has 0 fully saturated rings. The van der Waals surface area contributed by atoms with E-state index < -0.39 is 0 Å². The average molecular weight is 225 g/mol. The highest BCUT2D eigenvalue weighted by atomic mass is 35.5. The van der Waals surface area contributed by atoms with Crippen molar-refractivity contribution in [1.29, 1.82) is 0 Å². The summed E-state index contributed by atoms with van der Waals surface area (Å²) >= 11 is 11.9. The number of halogens is 2. The number of hydrogen-bond donors (Lipinski definition) is 0. The lowest BCUT2D eigenvalue weighted by atomic mass is 10.1. The summed E-state index contributed by atoms with van der Waals surface area (Å²) in [7, 11) is 0. The molecule has 0 saturated heterocycles. The summed E-state index contributed by atoms with van der Waals surface area (Å²) in [5, 5.41) is 1.27. The van der Waals surface area contributed by atoms with E-state index in [0.29, 0.717) is 10.0 Å². The first-order chi connectivity index (χ1) is 6.77. The minimum Gasteiger partial charge on any atom is -0.245 e. The maximum absolute atomic E-state index is 6.01. The molecular formula is C10H6Cl2N2. The molecule has 2 nitrogen and oxygen atoms in total. The first kappa shape index (κ1) is 9.44. The van der Waals surface area contributed by atoms with Gasteiger partial charge in [-0.05, 0) is 24.3 Å². The van der Waals surface area contributed by atoms with Crippen molar-refractivity contribution in [3.05, 3.63) is 46.8 Å². The van der Waals surface area contributed by atoms with Gasteiger partial charge in [-0.15, -0.1) is 0 Å². The van der Waals surface area contributed by atoms with Crippen molar-refractivity contribution in [3.63, 3.8) is 0 Å². The molecule has 0 bridgehead atoms. The van der Waals surface area contributed by atoms with Gasteiger partial charge in [-0.3, -0.25) is 0 Å². The van der Waals surface area contributed by atoms with Crippen LogP contribution in [-0.2, 0) is 0 Å². The van der Waals surface area contributed by atoms with Gasteiger partial charge in [-0.25, -0.2) is 9.97 Å². The first-order valence-corrected chi connectivity index (χ1v) is 4.74.